The van der Waals surface area contributed by atoms with Gasteiger partial charge in [-0.25, -0.2) is 0 Å². The molecule has 3 aromatic carbocycles. The van der Waals surface area contributed by atoms with E-state index in [0.29, 0.717) is 20.6 Å². The molecule has 0 fully saturated rings. The van der Waals surface area contributed by atoms with E-state index < -0.39 is 0 Å². The smallest absolute Gasteiger partial charge is 0.165 e. The van der Waals surface area contributed by atoms with Crippen LogP contribution in [0.25, 0.3) is 0 Å². The zero-order valence-electron chi connectivity index (χ0n) is 14.1. The van der Waals surface area contributed by atoms with Gasteiger partial charge >= 0.3 is 0 Å². The molecule has 0 radical (unpaired) electrons. The number of carbonyl (C=O) groups excluding carboxylic acids is 1. The lowest BCUT2D eigenvalue weighted by atomic mass is 9.97. The van der Waals surface area contributed by atoms with Crippen LogP contribution < -0.4 is 5.32 Å². The second-order valence-corrected chi connectivity index (χ2v) is 8.51. The van der Waals surface area contributed by atoms with Crippen LogP contribution in [0.2, 0.25) is 15.1 Å². The molecular formula is C21H15Cl3INO. The van der Waals surface area contributed by atoms with Gasteiger partial charge in [0.25, 0.3) is 0 Å². The van der Waals surface area contributed by atoms with Crippen molar-refractivity contribution in [1.29, 1.82) is 0 Å². The molecule has 0 spiro atoms. The van der Waals surface area contributed by atoms with Gasteiger partial charge in [-0.1, -0.05) is 40.9 Å². The number of hydrogen-bond donors (Lipinski definition) is 1. The van der Waals surface area contributed by atoms with Crippen molar-refractivity contribution >= 4 is 68.9 Å². The Morgan fingerprint density at radius 1 is 0.889 bits per heavy atom. The molecule has 2 nitrogen and oxygen atoms in total. The van der Waals surface area contributed by atoms with E-state index in [4.69, 9.17) is 34.8 Å². The summed E-state index contributed by atoms with van der Waals surface area (Å²) in [6.07, 6.45) is 0.269. The van der Waals surface area contributed by atoms with Gasteiger partial charge in [-0.2, -0.15) is 0 Å². The van der Waals surface area contributed by atoms with E-state index in [0.717, 1.165) is 14.8 Å². The molecule has 0 aromatic heterocycles. The minimum atomic E-state index is -0.247. The molecular weight excluding hydrogens is 516 g/mol. The van der Waals surface area contributed by atoms with Crippen LogP contribution in [0, 0.1) is 3.57 Å². The van der Waals surface area contributed by atoms with Crippen LogP contribution >= 0.6 is 57.4 Å². The maximum absolute atomic E-state index is 12.8. The van der Waals surface area contributed by atoms with E-state index in [1.807, 2.05) is 30.3 Å². The summed E-state index contributed by atoms with van der Waals surface area (Å²) in [5, 5.41) is 4.98. The summed E-state index contributed by atoms with van der Waals surface area (Å²) in [4.78, 5) is 12.8. The Hall–Kier alpha value is -1.27. The summed E-state index contributed by atoms with van der Waals surface area (Å²) in [6, 6.07) is 20.1. The Bertz CT molecular complexity index is 943. The molecule has 0 heterocycles. The largest absolute Gasteiger partial charge is 0.378 e. The molecule has 27 heavy (non-hydrogen) atoms. The molecule has 1 atom stereocenters. The van der Waals surface area contributed by atoms with E-state index in [9.17, 15) is 4.79 Å². The first-order valence-electron chi connectivity index (χ1n) is 8.18. The van der Waals surface area contributed by atoms with Crippen molar-refractivity contribution in [2.45, 2.75) is 12.5 Å². The van der Waals surface area contributed by atoms with E-state index in [2.05, 4.69) is 27.9 Å². The van der Waals surface area contributed by atoms with Crippen molar-refractivity contribution in [3.8, 4) is 0 Å². The predicted octanol–water partition coefficient (Wildman–Crippen LogP) is 7.68. The Kier molecular flexibility index (Phi) is 7.04. The van der Waals surface area contributed by atoms with E-state index in [1.165, 1.54) is 0 Å². The van der Waals surface area contributed by atoms with Gasteiger partial charge in [0.05, 0.1) is 16.1 Å². The van der Waals surface area contributed by atoms with Crippen molar-refractivity contribution < 1.29 is 4.79 Å². The van der Waals surface area contributed by atoms with Gasteiger partial charge in [-0.3, -0.25) is 4.79 Å². The number of rotatable bonds is 6. The third-order valence-electron chi connectivity index (χ3n) is 4.09. The van der Waals surface area contributed by atoms with Crippen LogP contribution in [0.15, 0.2) is 66.7 Å². The van der Waals surface area contributed by atoms with Crippen LogP contribution in [0.3, 0.4) is 0 Å². The lowest BCUT2D eigenvalue weighted by Crippen LogP contribution is -2.16. The lowest BCUT2D eigenvalue weighted by molar-refractivity contribution is 0.0976. The Morgan fingerprint density at radius 3 is 2.19 bits per heavy atom. The molecule has 0 aliphatic heterocycles. The Morgan fingerprint density at radius 2 is 1.56 bits per heavy atom. The number of hydrogen-bond acceptors (Lipinski definition) is 2. The monoisotopic (exact) mass is 529 g/mol. The summed E-state index contributed by atoms with van der Waals surface area (Å²) in [6.45, 7) is 0. The number of carbonyl (C=O) groups is 1. The highest BCUT2D eigenvalue weighted by atomic mass is 127. The fraction of sp³-hybridized carbons (Fsp3) is 0.0952. The minimum absolute atomic E-state index is 0.0146. The second-order valence-electron chi connectivity index (χ2n) is 6.01. The number of ketones is 1. The van der Waals surface area contributed by atoms with Crippen molar-refractivity contribution in [1.82, 2.24) is 0 Å². The first-order valence-corrected chi connectivity index (χ1v) is 10.4. The summed E-state index contributed by atoms with van der Waals surface area (Å²) in [5.74, 6) is 0.0146. The van der Waals surface area contributed by atoms with E-state index in [1.54, 1.807) is 36.4 Å². The van der Waals surface area contributed by atoms with Gasteiger partial charge in [-0.15, -0.1) is 0 Å². The molecule has 6 heteroatoms. The number of anilines is 1. The highest BCUT2D eigenvalue weighted by molar-refractivity contribution is 14.1. The van der Waals surface area contributed by atoms with Gasteiger partial charge in [0.1, 0.15) is 0 Å². The lowest BCUT2D eigenvalue weighted by Gasteiger charge is -2.21. The molecule has 0 saturated carbocycles. The van der Waals surface area contributed by atoms with Gasteiger partial charge in [0.2, 0.25) is 0 Å². The minimum Gasteiger partial charge on any atom is -0.378 e. The maximum atomic E-state index is 12.8. The van der Waals surface area contributed by atoms with Gasteiger partial charge in [0, 0.05) is 26.3 Å². The summed E-state index contributed by atoms with van der Waals surface area (Å²) in [5.41, 5.74) is 2.44. The van der Waals surface area contributed by atoms with Gasteiger partial charge in [-0.05, 0) is 88.8 Å². The Labute approximate surface area is 187 Å². The average Bonchev–Trinajstić information content (AvgIpc) is 2.65. The first kappa shape index (κ1) is 20.5. The molecule has 0 aliphatic carbocycles. The molecule has 0 bridgehead atoms. The Balaban J connectivity index is 1.88. The normalized spacial score (nSPS) is 11.9. The van der Waals surface area contributed by atoms with Gasteiger partial charge < -0.3 is 5.32 Å². The summed E-state index contributed by atoms with van der Waals surface area (Å²) >= 11 is 20.4. The molecule has 0 amide bonds. The molecule has 1 N–H and O–H groups in total. The second kappa shape index (κ2) is 9.28. The quantitative estimate of drug-likeness (QED) is 0.262. The van der Waals surface area contributed by atoms with Crippen molar-refractivity contribution in [2.75, 3.05) is 5.32 Å². The number of nitrogens with one attached hydrogen (secondary N) is 1. The number of halogens is 4. The summed E-state index contributed by atoms with van der Waals surface area (Å²) < 4.78 is 1.14. The first-order chi connectivity index (χ1) is 12.9. The van der Waals surface area contributed by atoms with Crippen molar-refractivity contribution in [3.05, 3.63) is 96.5 Å². The third-order valence-corrected chi connectivity index (χ3v) is 5.80. The van der Waals surface area contributed by atoms with E-state index in [-0.39, 0.29) is 18.2 Å². The fourth-order valence-electron chi connectivity index (χ4n) is 2.67. The van der Waals surface area contributed by atoms with Crippen LogP contribution in [-0.2, 0) is 0 Å². The molecule has 1 unspecified atom stereocenters. The molecule has 138 valence electrons. The highest BCUT2D eigenvalue weighted by Gasteiger charge is 2.18. The highest BCUT2D eigenvalue weighted by Crippen LogP contribution is 2.30. The molecule has 0 aliphatic rings. The van der Waals surface area contributed by atoms with Crippen LogP contribution in [0.4, 0.5) is 5.69 Å². The summed E-state index contributed by atoms with van der Waals surface area (Å²) in [7, 11) is 0. The fourth-order valence-corrected chi connectivity index (χ4v) is 3.46. The topological polar surface area (TPSA) is 29.1 Å². The zero-order valence-corrected chi connectivity index (χ0v) is 18.5. The standard InChI is InChI=1S/C21H15Cl3INO/c22-15-4-1-13(2-5-15)21(27)12-20(14-3-10-18(23)19(24)11-14)26-17-8-6-16(25)7-9-17/h1-11,20,26H,12H2. The maximum Gasteiger partial charge on any atom is 0.165 e. The van der Waals surface area contributed by atoms with Crippen LogP contribution in [0.5, 0.6) is 0 Å². The van der Waals surface area contributed by atoms with Crippen LogP contribution in [-0.4, -0.2) is 5.78 Å². The van der Waals surface area contributed by atoms with E-state index >= 15 is 0 Å². The predicted molar refractivity (Wildman–Crippen MR) is 122 cm³/mol. The average molecular weight is 531 g/mol. The van der Waals surface area contributed by atoms with Gasteiger partial charge in [0.15, 0.2) is 5.78 Å². The molecule has 3 aromatic rings. The van der Waals surface area contributed by atoms with Crippen molar-refractivity contribution in [3.63, 3.8) is 0 Å². The van der Waals surface area contributed by atoms with Crippen molar-refractivity contribution in [2.24, 2.45) is 0 Å². The molecule has 3 rings (SSSR count). The number of benzene rings is 3. The number of Topliss-reactive ketones (excluding diaryl/α,β-unsaturated/α-hetero) is 1. The SMILES string of the molecule is O=C(CC(Nc1ccc(I)cc1)c1ccc(Cl)c(Cl)c1)c1ccc(Cl)cc1. The molecule has 0 saturated heterocycles. The zero-order chi connectivity index (χ0) is 19.4. The van der Waals surface area contributed by atoms with Crippen LogP contribution in [0.1, 0.15) is 28.4 Å². The third kappa shape index (κ3) is 5.61.